The molecule has 6 aromatic rings. The second-order valence-corrected chi connectivity index (χ2v) is 13.3. The molecular formula is C40H29N3S. The normalized spacial score (nSPS) is 18.2. The van der Waals surface area contributed by atoms with Crippen molar-refractivity contribution in [2.24, 2.45) is 0 Å². The standard InChI is InChI=1S/C40H29N3S/c1-40(2)32-15-6-3-12-27(32)30-22-36-31(21-33(30)40)38-29-14-5-8-17-37(29)44-39(38)43(36)26-11-9-10-24(20-26)25-18-19-35(42-23-25)28-13-4-7-16-34(28)41/h3-23,41-42H,1-2H3/b35-28-,41-34?. The molecular weight excluding hydrogens is 555 g/mol. The molecule has 0 fully saturated rings. The first-order valence-electron chi connectivity index (χ1n) is 15.0. The number of dihydropyridines is 1. The molecule has 4 aromatic carbocycles. The van der Waals surface area contributed by atoms with Gasteiger partial charge in [0.25, 0.3) is 0 Å². The summed E-state index contributed by atoms with van der Waals surface area (Å²) in [5.41, 5.74) is 12.4. The minimum Gasteiger partial charge on any atom is -0.361 e. The second kappa shape index (κ2) is 9.15. The summed E-state index contributed by atoms with van der Waals surface area (Å²) in [6, 6.07) is 31.5. The van der Waals surface area contributed by atoms with Gasteiger partial charge < -0.3 is 15.3 Å². The number of aromatic nitrogens is 1. The number of thiophene rings is 1. The van der Waals surface area contributed by atoms with E-state index in [0.29, 0.717) is 5.71 Å². The zero-order valence-electron chi connectivity index (χ0n) is 24.5. The molecule has 2 aliphatic carbocycles. The molecule has 0 unspecified atom stereocenters. The van der Waals surface area contributed by atoms with Gasteiger partial charge in [0.1, 0.15) is 4.83 Å². The van der Waals surface area contributed by atoms with E-state index in [9.17, 15) is 0 Å². The van der Waals surface area contributed by atoms with Crippen LogP contribution in [0, 0.1) is 5.41 Å². The molecule has 0 bridgehead atoms. The molecule has 210 valence electrons. The van der Waals surface area contributed by atoms with Crippen molar-refractivity contribution < 1.29 is 0 Å². The lowest BCUT2D eigenvalue weighted by molar-refractivity contribution is 0.661. The zero-order valence-corrected chi connectivity index (χ0v) is 25.3. The first-order valence-corrected chi connectivity index (χ1v) is 15.8. The van der Waals surface area contributed by atoms with Gasteiger partial charge in [-0.3, -0.25) is 0 Å². The van der Waals surface area contributed by atoms with Gasteiger partial charge >= 0.3 is 0 Å². The van der Waals surface area contributed by atoms with Crippen LogP contribution in [0.4, 0.5) is 0 Å². The summed E-state index contributed by atoms with van der Waals surface area (Å²) in [5.74, 6) is 0. The van der Waals surface area contributed by atoms with Crippen LogP contribution < -0.4 is 5.32 Å². The van der Waals surface area contributed by atoms with Crippen LogP contribution in [0.3, 0.4) is 0 Å². The highest BCUT2D eigenvalue weighted by Gasteiger charge is 2.36. The highest BCUT2D eigenvalue weighted by molar-refractivity contribution is 7.25. The fraction of sp³-hybridized carbons (Fsp3) is 0.0750. The van der Waals surface area contributed by atoms with Crippen LogP contribution in [-0.2, 0) is 5.41 Å². The molecule has 3 heterocycles. The Balaban J connectivity index is 1.24. The van der Waals surface area contributed by atoms with Gasteiger partial charge in [0.15, 0.2) is 0 Å². The van der Waals surface area contributed by atoms with E-state index in [2.05, 4.69) is 127 Å². The number of allylic oxidation sites excluding steroid dienone is 8. The van der Waals surface area contributed by atoms with Gasteiger partial charge in [-0.1, -0.05) is 92.7 Å². The third kappa shape index (κ3) is 3.52. The van der Waals surface area contributed by atoms with E-state index in [4.69, 9.17) is 5.41 Å². The molecule has 0 saturated carbocycles. The third-order valence-electron chi connectivity index (χ3n) is 9.46. The highest BCUT2D eigenvalue weighted by atomic mass is 32.1. The number of benzene rings is 4. The number of hydrogen-bond acceptors (Lipinski definition) is 3. The van der Waals surface area contributed by atoms with E-state index in [0.717, 1.165) is 28.1 Å². The summed E-state index contributed by atoms with van der Waals surface area (Å²) < 4.78 is 3.79. The van der Waals surface area contributed by atoms with Crippen molar-refractivity contribution in [2.75, 3.05) is 0 Å². The largest absolute Gasteiger partial charge is 0.361 e. The summed E-state index contributed by atoms with van der Waals surface area (Å²) in [7, 11) is 0. The van der Waals surface area contributed by atoms with Gasteiger partial charge in [-0.2, -0.15) is 0 Å². The van der Waals surface area contributed by atoms with Gasteiger partial charge in [0.05, 0.1) is 11.2 Å². The van der Waals surface area contributed by atoms with Crippen LogP contribution in [0.15, 0.2) is 139 Å². The molecule has 2 aromatic heterocycles. The number of rotatable bonds is 2. The van der Waals surface area contributed by atoms with Crippen molar-refractivity contribution >= 4 is 53.8 Å². The van der Waals surface area contributed by atoms with Crippen LogP contribution in [0.2, 0.25) is 0 Å². The van der Waals surface area contributed by atoms with Crippen molar-refractivity contribution in [2.45, 2.75) is 19.3 Å². The van der Waals surface area contributed by atoms with Crippen molar-refractivity contribution in [3.8, 4) is 16.8 Å². The molecule has 0 spiro atoms. The quantitative estimate of drug-likeness (QED) is 0.209. The lowest BCUT2D eigenvalue weighted by Crippen LogP contribution is -2.14. The summed E-state index contributed by atoms with van der Waals surface area (Å²) in [5, 5.41) is 15.7. The Bertz CT molecular complexity index is 2400. The maximum Gasteiger partial charge on any atom is 0.109 e. The lowest BCUT2D eigenvalue weighted by Gasteiger charge is -2.21. The van der Waals surface area contributed by atoms with Crippen molar-refractivity contribution in [3.05, 3.63) is 156 Å². The fourth-order valence-corrected chi connectivity index (χ4v) is 8.50. The third-order valence-corrected chi connectivity index (χ3v) is 10.6. The smallest absolute Gasteiger partial charge is 0.109 e. The maximum absolute atomic E-state index is 8.29. The van der Waals surface area contributed by atoms with Gasteiger partial charge in [-0.05, 0) is 75.9 Å². The Morgan fingerprint density at radius 1 is 0.750 bits per heavy atom. The summed E-state index contributed by atoms with van der Waals surface area (Å²) in [4.78, 5) is 1.28. The molecule has 3 nitrogen and oxygen atoms in total. The molecule has 2 N–H and O–H groups in total. The average molecular weight is 584 g/mol. The van der Waals surface area contributed by atoms with E-state index in [1.54, 1.807) is 0 Å². The molecule has 1 aliphatic heterocycles. The Labute approximate surface area is 260 Å². The highest BCUT2D eigenvalue weighted by Crippen LogP contribution is 2.52. The fourth-order valence-electron chi connectivity index (χ4n) is 7.25. The molecule has 0 radical (unpaired) electrons. The predicted molar refractivity (Wildman–Crippen MR) is 187 cm³/mol. The second-order valence-electron chi connectivity index (χ2n) is 12.3. The Morgan fingerprint density at radius 3 is 2.45 bits per heavy atom. The van der Waals surface area contributed by atoms with Crippen LogP contribution in [-0.4, -0.2) is 10.3 Å². The monoisotopic (exact) mass is 583 g/mol. The Kier molecular flexibility index (Phi) is 5.27. The molecule has 9 rings (SSSR count). The van der Waals surface area contributed by atoms with E-state index in [1.807, 2.05) is 35.6 Å². The molecule has 0 amide bonds. The molecule has 44 heavy (non-hydrogen) atoms. The van der Waals surface area contributed by atoms with Crippen molar-refractivity contribution in [1.29, 1.82) is 5.41 Å². The SMILES string of the molecule is CC1(C)c2ccccc2-c2cc3c(cc21)c1c2ccccc2sc1n3-c1cccc(C2=CN/C(=C3/C=CC=CC3=N)C=C2)c1. The summed E-state index contributed by atoms with van der Waals surface area (Å²) in [6.07, 6.45) is 14.0. The van der Waals surface area contributed by atoms with Gasteiger partial charge in [0.2, 0.25) is 0 Å². The lowest BCUT2D eigenvalue weighted by atomic mass is 9.82. The minimum absolute atomic E-state index is 0.0522. The molecule has 4 heteroatoms. The van der Waals surface area contributed by atoms with Crippen LogP contribution >= 0.6 is 11.3 Å². The average Bonchev–Trinajstić information content (AvgIpc) is 3.65. The topological polar surface area (TPSA) is 40.8 Å². The molecule has 0 saturated heterocycles. The first-order chi connectivity index (χ1) is 21.5. The Morgan fingerprint density at radius 2 is 1.59 bits per heavy atom. The van der Waals surface area contributed by atoms with Gasteiger partial charge in [0, 0.05) is 49.4 Å². The molecule has 0 atom stereocenters. The van der Waals surface area contributed by atoms with E-state index in [-0.39, 0.29) is 5.41 Å². The minimum atomic E-state index is -0.0522. The van der Waals surface area contributed by atoms with Crippen LogP contribution in [0.5, 0.6) is 0 Å². The zero-order chi connectivity index (χ0) is 29.6. The Hall–Kier alpha value is -5.19. The van der Waals surface area contributed by atoms with Crippen LogP contribution in [0.1, 0.15) is 30.5 Å². The van der Waals surface area contributed by atoms with Gasteiger partial charge in [-0.15, -0.1) is 11.3 Å². The van der Waals surface area contributed by atoms with E-state index in [1.165, 1.54) is 53.5 Å². The van der Waals surface area contributed by atoms with Crippen molar-refractivity contribution in [3.63, 3.8) is 0 Å². The molecule has 3 aliphatic rings. The summed E-state index contributed by atoms with van der Waals surface area (Å²) in [6.45, 7) is 4.72. The first kappa shape index (κ1) is 25.3. The van der Waals surface area contributed by atoms with E-state index >= 15 is 0 Å². The predicted octanol–water partition coefficient (Wildman–Crippen LogP) is 10.2. The maximum atomic E-state index is 8.29. The number of nitrogens with one attached hydrogen (secondary N) is 2. The number of fused-ring (bicyclic) bond motifs is 8. The number of hydrogen-bond donors (Lipinski definition) is 2. The van der Waals surface area contributed by atoms with Crippen molar-refractivity contribution in [1.82, 2.24) is 9.88 Å². The van der Waals surface area contributed by atoms with Gasteiger partial charge in [-0.25, -0.2) is 0 Å². The summed E-state index contributed by atoms with van der Waals surface area (Å²) >= 11 is 1.87. The van der Waals surface area contributed by atoms with Crippen LogP contribution in [0.25, 0.3) is 53.6 Å². The van der Waals surface area contributed by atoms with E-state index < -0.39 is 0 Å². The number of nitrogens with zero attached hydrogens (tertiary/aromatic N) is 1.